The van der Waals surface area contributed by atoms with Gasteiger partial charge in [0.15, 0.2) is 0 Å². The number of nitrogens with two attached hydrogens (primary N) is 1. The van der Waals surface area contributed by atoms with E-state index in [4.69, 9.17) is 10.5 Å². The van der Waals surface area contributed by atoms with Gasteiger partial charge < -0.3 is 10.5 Å². The maximum Gasteiger partial charge on any atom is 0.215 e. The van der Waals surface area contributed by atoms with Crippen LogP contribution >= 0.6 is 0 Å². The Hall–Kier alpha value is -1.88. The van der Waals surface area contributed by atoms with Crippen molar-refractivity contribution in [1.82, 2.24) is 9.78 Å². The summed E-state index contributed by atoms with van der Waals surface area (Å²) in [5, 5.41) is 4.31. The summed E-state index contributed by atoms with van der Waals surface area (Å²) in [6.07, 6.45) is 3.56. The molecule has 0 fully saturated rings. The Morgan fingerprint density at radius 3 is 2.68 bits per heavy atom. The first kappa shape index (κ1) is 13.5. The molecule has 5 heteroatoms. The minimum absolute atomic E-state index is 0.236. The van der Waals surface area contributed by atoms with Gasteiger partial charge >= 0.3 is 0 Å². The van der Waals surface area contributed by atoms with Crippen molar-refractivity contribution in [3.63, 3.8) is 0 Å². The fourth-order valence-electron chi connectivity index (χ4n) is 1.99. The first-order valence-electron chi connectivity index (χ1n) is 6.27. The van der Waals surface area contributed by atoms with Gasteiger partial charge in [-0.25, -0.2) is 9.07 Å². The van der Waals surface area contributed by atoms with Gasteiger partial charge in [0.25, 0.3) is 0 Å². The molecule has 2 N–H and O–H groups in total. The number of ether oxygens (including phenoxy) is 1. The van der Waals surface area contributed by atoms with Crippen molar-refractivity contribution in [3.8, 4) is 5.88 Å². The van der Waals surface area contributed by atoms with E-state index in [0.717, 1.165) is 29.8 Å². The Bertz CT molecular complexity index is 522. The second kappa shape index (κ2) is 6.33. The molecule has 0 saturated heterocycles. The van der Waals surface area contributed by atoms with Crippen molar-refractivity contribution < 1.29 is 9.13 Å². The molecule has 0 atom stereocenters. The average molecular weight is 263 g/mol. The van der Waals surface area contributed by atoms with Crippen LogP contribution in [0.1, 0.15) is 17.5 Å². The first-order valence-corrected chi connectivity index (χ1v) is 6.27. The van der Waals surface area contributed by atoms with E-state index in [1.807, 2.05) is 0 Å². The molecule has 2 aromatic rings. The molecule has 0 aliphatic heterocycles. The van der Waals surface area contributed by atoms with Crippen molar-refractivity contribution in [2.24, 2.45) is 5.73 Å². The molecule has 102 valence electrons. The highest BCUT2D eigenvalue weighted by Gasteiger charge is 2.11. The summed E-state index contributed by atoms with van der Waals surface area (Å²) < 4.78 is 20.0. The van der Waals surface area contributed by atoms with Gasteiger partial charge in [0.1, 0.15) is 5.82 Å². The molecule has 0 saturated carbocycles. The van der Waals surface area contributed by atoms with Crippen LogP contribution in [0.2, 0.25) is 0 Å². The lowest BCUT2D eigenvalue weighted by Crippen LogP contribution is -2.05. The number of aryl methyl sites for hydroxylation is 1. The average Bonchev–Trinajstić information content (AvgIpc) is 2.81. The van der Waals surface area contributed by atoms with Crippen LogP contribution in [0.15, 0.2) is 30.5 Å². The summed E-state index contributed by atoms with van der Waals surface area (Å²) in [7, 11) is 1.63. The fraction of sp³-hybridized carbons (Fsp3) is 0.357. The summed E-state index contributed by atoms with van der Waals surface area (Å²) in [6, 6.07) is 6.38. The van der Waals surface area contributed by atoms with Crippen LogP contribution in [0, 0.1) is 5.82 Å². The van der Waals surface area contributed by atoms with Crippen LogP contribution in [0.25, 0.3) is 0 Å². The number of hydrogen-bond donors (Lipinski definition) is 1. The van der Waals surface area contributed by atoms with E-state index in [9.17, 15) is 4.39 Å². The van der Waals surface area contributed by atoms with Crippen LogP contribution < -0.4 is 10.5 Å². The van der Waals surface area contributed by atoms with Crippen LogP contribution in [0.5, 0.6) is 5.88 Å². The van der Waals surface area contributed by atoms with E-state index in [1.54, 1.807) is 30.1 Å². The SMILES string of the molecule is COc1c(CCCN)cnn1Cc1ccc(F)cc1. The smallest absolute Gasteiger partial charge is 0.215 e. The van der Waals surface area contributed by atoms with Crippen LogP contribution in [0.4, 0.5) is 4.39 Å². The summed E-state index contributed by atoms with van der Waals surface area (Å²) in [5.41, 5.74) is 7.54. The van der Waals surface area contributed by atoms with Crippen molar-refractivity contribution in [2.45, 2.75) is 19.4 Å². The molecule has 4 nitrogen and oxygen atoms in total. The lowest BCUT2D eigenvalue weighted by Gasteiger charge is -2.08. The van der Waals surface area contributed by atoms with Gasteiger partial charge in [-0.3, -0.25) is 0 Å². The van der Waals surface area contributed by atoms with Crippen molar-refractivity contribution in [3.05, 3.63) is 47.4 Å². The Balaban J connectivity index is 2.15. The third-order valence-electron chi connectivity index (χ3n) is 2.95. The van der Waals surface area contributed by atoms with Gasteiger partial charge in [-0.1, -0.05) is 12.1 Å². The Kier molecular flexibility index (Phi) is 4.52. The molecule has 1 aromatic carbocycles. The minimum Gasteiger partial charge on any atom is -0.481 e. The van der Waals surface area contributed by atoms with E-state index in [1.165, 1.54) is 12.1 Å². The number of hydrogen-bond acceptors (Lipinski definition) is 3. The summed E-state index contributed by atoms with van der Waals surface area (Å²) in [5.74, 6) is 0.512. The van der Waals surface area contributed by atoms with Crippen LogP contribution in [-0.2, 0) is 13.0 Å². The molecule has 0 bridgehead atoms. The van der Waals surface area contributed by atoms with E-state index >= 15 is 0 Å². The molecule has 0 spiro atoms. The monoisotopic (exact) mass is 263 g/mol. The molecular weight excluding hydrogens is 245 g/mol. The maximum absolute atomic E-state index is 12.9. The molecule has 1 heterocycles. The molecule has 2 rings (SSSR count). The molecule has 1 aromatic heterocycles. The summed E-state index contributed by atoms with van der Waals surface area (Å²) >= 11 is 0. The lowest BCUT2D eigenvalue weighted by molar-refractivity contribution is 0.362. The topological polar surface area (TPSA) is 53.1 Å². The zero-order valence-electron chi connectivity index (χ0n) is 11.0. The Morgan fingerprint density at radius 1 is 1.32 bits per heavy atom. The number of aromatic nitrogens is 2. The van der Waals surface area contributed by atoms with Crippen LogP contribution in [0.3, 0.4) is 0 Å². The second-order valence-corrected chi connectivity index (χ2v) is 4.36. The van der Waals surface area contributed by atoms with E-state index < -0.39 is 0 Å². The number of halogens is 1. The highest BCUT2D eigenvalue weighted by molar-refractivity contribution is 5.26. The van der Waals surface area contributed by atoms with Gasteiger partial charge in [-0.05, 0) is 37.1 Å². The van der Waals surface area contributed by atoms with Gasteiger partial charge in [-0.15, -0.1) is 0 Å². The van der Waals surface area contributed by atoms with Crippen molar-refractivity contribution in [2.75, 3.05) is 13.7 Å². The molecule has 19 heavy (non-hydrogen) atoms. The van der Waals surface area contributed by atoms with Gasteiger partial charge in [-0.2, -0.15) is 5.10 Å². The van der Waals surface area contributed by atoms with Crippen molar-refractivity contribution in [1.29, 1.82) is 0 Å². The van der Waals surface area contributed by atoms with E-state index in [-0.39, 0.29) is 5.82 Å². The molecule has 0 unspecified atom stereocenters. The van der Waals surface area contributed by atoms with Gasteiger partial charge in [0.2, 0.25) is 5.88 Å². The number of rotatable bonds is 6. The zero-order valence-corrected chi connectivity index (χ0v) is 11.0. The van der Waals surface area contributed by atoms with E-state index in [0.29, 0.717) is 13.1 Å². The molecule has 0 radical (unpaired) electrons. The number of nitrogens with zero attached hydrogens (tertiary/aromatic N) is 2. The molecule has 0 aliphatic carbocycles. The predicted molar refractivity (Wildman–Crippen MR) is 71.7 cm³/mol. The molecular formula is C14H18FN3O. The predicted octanol–water partition coefficient (Wildman–Crippen LogP) is 1.97. The largest absolute Gasteiger partial charge is 0.481 e. The Labute approximate surface area is 112 Å². The fourth-order valence-corrected chi connectivity index (χ4v) is 1.99. The number of benzene rings is 1. The quantitative estimate of drug-likeness (QED) is 0.867. The van der Waals surface area contributed by atoms with Crippen LogP contribution in [-0.4, -0.2) is 23.4 Å². The molecule has 0 amide bonds. The van der Waals surface area contributed by atoms with Gasteiger partial charge in [0, 0.05) is 5.56 Å². The third-order valence-corrected chi connectivity index (χ3v) is 2.95. The summed E-state index contributed by atoms with van der Waals surface area (Å²) in [4.78, 5) is 0. The standard InChI is InChI=1S/C14H18FN3O/c1-19-14-12(3-2-8-16)9-17-18(14)10-11-4-6-13(15)7-5-11/h4-7,9H,2-3,8,10,16H2,1H3. The maximum atomic E-state index is 12.9. The van der Waals surface area contributed by atoms with E-state index in [2.05, 4.69) is 5.10 Å². The first-order chi connectivity index (χ1) is 9.24. The highest BCUT2D eigenvalue weighted by Crippen LogP contribution is 2.20. The van der Waals surface area contributed by atoms with Crippen molar-refractivity contribution >= 4 is 0 Å². The molecule has 0 aliphatic rings. The van der Waals surface area contributed by atoms with Gasteiger partial charge in [0.05, 0.1) is 19.9 Å². The summed E-state index contributed by atoms with van der Waals surface area (Å²) in [6.45, 7) is 1.21. The minimum atomic E-state index is -0.236. The lowest BCUT2D eigenvalue weighted by atomic mass is 10.2. The Morgan fingerprint density at radius 2 is 2.05 bits per heavy atom. The number of methoxy groups -OCH3 is 1. The zero-order chi connectivity index (χ0) is 13.7. The third kappa shape index (κ3) is 3.32. The second-order valence-electron chi connectivity index (χ2n) is 4.36. The normalized spacial score (nSPS) is 10.7. The highest BCUT2D eigenvalue weighted by atomic mass is 19.1.